The number of pyridine rings is 1. The van der Waals surface area contributed by atoms with E-state index in [4.69, 9.17) is 5.73 Å². The summed E-state index contributed by atoms with van der Waals surface area (Å²) in [5.41, 5.74) is 7.56. The van der Waals surface area contributed by atoms with Gasteiger partial charge in [-0.3, -0.25) is 9.59 Å². The number of carbonyl (C=O) groups is 1. The topological polar surface area (TPSA) is 76.0 Å². The average Bonchev–Trinajstić information content (AvgIpc) is 2.55. The number of Topliss-reactive ketones (excluding diaryl/α,β-unsaturated/α-hetero) is 1. The molecule has 2 aromatic carbocycles. The van der Waals surface area contributed by atoms with Gasteiger partial charge < -0.3 is 10.7 Å². The first-order chi connectivity index (χ1) is 10.6. The Morgan fingerprint density at radius 3 is 2.64 bits per heavy atom. The summed E-state index contributed by atoms with van der Waals surface area (Å²) in [4.78, 5) is 26.6. The number of rotatable bonds is 4. The fraction of sp³-hybridized carbons (Fsp3) is 0.111. The van der Waals surface area contributed by atoms with Crippen LogP contribution < -0.4 is 11.3 Å². The molecule has 0 amide bonds. The van der Waals surface area contributed by atoms with Gasteiger partial charge in [-0.1, -0.05) is 42.5 Å². The third kappa shape index (κ3) is 2.82. The molecule has 110 valence electrons. The minimum Gasteiger partial charge on any atom is -0.329 e. The number of H-pyrrole nitrogens is 1. The van der Waals surface area contributed by atoms with Gasteiger partial charge in [0, 0.05) is 18.0 Å². The predicted molar refractivity (Wildman–Crippen MR) is 86.7 cm³/mol. The van der Waals surface area contributed by atoms with Crippen molar-refractivity contribution in [2.75, 3.05) is 0 Å². The number of benzene rings is 2. The van der Waals surface area contributed by atoms with Crippen molar-refractivity contribution in [2.45, 2.75) is 12.5 Å². The van der Waals surface area contributed by atoms with E-state index >= 15 is 0 Å². The molecule has 0 radical (unpaired) electrons. The zero-order valence-electron chi connectivity index (χ0n) is 12.0. The number of carbonyl (C=O) groups excluding carboxylic acids is 1. The Kier molecular flexibility index (Phi) is 3.85. The third-order valence-corrected chi connectivity index (χ3v) is 3.72. The summed E-state index contributed by atoms with van der Waals surface area (Å²) in [5.74, 6) is -0.0459. The van der Waals surface area contributed by atoms with Crippen LogP contribution in [0.1, 0.15) is 17.2 Å². The van der Waals surface area contributed by atoms with Gasteiger partial charge in [-0.25, -0.2) is 0 Å². The quantitative estimate of drug-likeness (QED) is 0.775. The second-order valence-electron chi connectivity index (χ2n) is 5.26. The lowest BCUT2D eigenvalue weighted by atomic mass is 9.97. The summed E-state index contributed by atoms with van der Waals surface area (Å²) in [6, 6.07) is 15.9. The van der Waals surface area contributed by atoms with Crippen LogP contribution in [0.15, 0.2) is 65.6 Å². The molecule has 0 aliphatic heterocycles. The van der Waals surface area contributed by atoms with E-state index in [0.717, 1.165) is 16.5 Å². The molecule has 22 heavy (non-hydrogen) atoms. The SMILES string of the molecule is N[C@@H](C(=O)Cc1ccc2c(=O)[nH]ccc2c1)c1ccccc1. The van der Waals surface area contributed by atoms with Crippen molar-refractivity contribution >= 4 is 16.6 Å². The second kappa shape index (κ2) is 5.95. The molecule has 4 heteroatoms. The van der Waals surface area contributed by atoms with Crippen molar-refractivity contribution in [1.82, 2.24) is 4.98 Å². The van der Waals surface area contributed by atoms with Gasteiger partial charge in [-0.2, -0.15) is 0 Å². The minimum atomic E-state index is -0.629. The average molecular weight is 292 g/mol. The van der Waals surface area contributed by atoms with E-state index in [9.17, 15) is 9.59 Å². The van der Waals surface area contributed by atoms with Gasteiger partial charge in [0.15, 0.2) is 5.78 Å². The monoisotopic (exact) mass is 292 g/mol. The normalized spacial score (nSPS) is 12.2. The van der Waals surface area contributed by atoms with Crippen molar-refractivity contribution in [3.05, 3.63) is 82.3 Å². The fourth-order valence-corrected chi connectivity index (χ4v) is 2.51. The van der Waals surface area contributed by atoms with Crippen LogP contribution in [-0.2, 0) is 11.2 Å². The number of aromatic nitrogens is 1. The van der Waals surface area contributed by atoms with Gasteiger partial charge in [-0.15, -0.1) is 0 Å². The van der Waals surface area contributed by atoms with Crippen LogP contribution in [0.4, 0.5) is 0 Å². The van der Waals surface area contributed by atoms with Crippen LogP contribution in [0.2, 0.25) is 0 Å². The summed E-state index contributed by atoms with van der Waals surface area (Å²) in [6.45, 7) is 0. The molecule has 0 saturated carbocycles. The van der Waals surface area contributed by atoms with Crippen molar-refractivity contribution < 1.29 is 4.79 Å². The van der Waals surface area contributed by atoms with E-state index in [-0.39, 0.29) is 17.8 Å². The number of ketones is 1. The molecule has 3 N–H and O–H groups in total. The molecule has 0 unspecified atom stereocenters. The first kappa shape index (κ1) is 14.2. The largest absolute Gasteiger partial charge is 0.329 e. The lowest BCUT2D eigenvalue weighted by Crippen LogP contribution is -2.23. The summed E-state index contributed by atoms with van der Waals surface area (Å²) in [6.07, 6.45) is 1.85. The molecule has 0 spiro atoms. The number of aromatic amines is 1. The third-order valence-electron chi connectivity index (χ3n) is 3.72. The van der Waals surface area contributed by atoms with Crippen molar-refractivity contribution in [3.8, 4) is 0 Å². The maximum absolute atomic E-state index is 12.3. The number of fused-ring (bicyclic) bond motifs is 1. The Bertz CT molecular complexity index is 869. The highest BCUT2D eigenvalue weighted by Gasteiger charge is 2.16. The number of nitrogens with one attached hydrogen (secondary N) is 1. The van der Waals surface area contributed by atoms with E-state index in [2.05, 4.69) is 4.98 Å². The Labute approximate surface area is 127 Å². The van der Waals surface area contributed by atoms with Crippen LogP contribution in [-0.4, -0.2) is 10.8 Å². The zero-order chi connectivity index (χ0) is 15.5. The first-order valence-corrected chi connectivity index (χ1v) is 7.09. The highest BCUT2D eigenvalue weighted by molar-refractivity contribution is 5.89. The summed E-state index contributed by atoms with van der Waals surface area (Å²) in [7, 11) is 0. The molecule has 0 fully saturated rings. The smallest absolute Gasteiger partial charge is 0.255 e. The number of nitrogens with two attached hydrogens (primary N) is 1. The maximum Gasteiger partial charge on any atom is 0.255 e. The van der Waals surface area contributed by atoms with E-state index < -0.39 is 6.04 Å². The minimum absolute atomic E-state index is 0.0459. The van der Waals surface area contributed by atoms with Crippen LogP contribution in [0, 0.1) is 0 Å². The van der Waals surface area contributed by atoms with Crippen molar-refractivity contribution in [2.24, 2.45) is 5.73 Å². The first-order valence-electron chi connectivity index (χ1n) is 7.09. The van der Waals surface area contributed by atoms with Gasteiger partial charge in [0.2, 0.25) is 0 Å². The van der Waals surface area contributed by atoms with Crippen LogP contribution in [0.3, 0.4) is 0 Å². The van der Waals surface area contributed by atoms with Gasteiger partial charge in [0.05, 0.1) is 6.04 Å². The van der Waals surface area contributed by atoms with Gasteiger partial charge >= 0.3 is 0 Å². The van der Waals surface area contributed by atoms with E-state index in [1.807, 2.05) is 42.5 Å². The van der Waals surface area contributed by atoms with Gasteiger partial charge in [0.1, 0.15) is 0 Å². The Morgan fingerprint density at radius 2 is 1.86 bits per heavy atom. The lowest BCUT2D eigenvalue weighted by Gasteiger charge is -2.11. The molecule has 0 saturated heterocycles. The summed E-state index contributed by atoms with van der Waals surface area (Å²) < 4.78 is 0. The molecule has 1 atom stereocenters. The maximum atomic E-state index is 12.3. The van der Waals surface area contributed by atoms with Crippen LogP contribution in [0.25, 0.3) is 10.8 Å². The highest BCUT2D eigenvalue weighted by Crippen LogP contribution is 2.16. The number of hydrogen-bond acceptors (Lipinski definition) is 3. The molecule has 4 nitrogen and oxygen atoms in total. The molecule has 1 heterocycles. The molecular weight excluding hydrogens is 276 g/mol. The van der Waals surface area contributed by atoms with Crippen LogP contribution >= 0.6 is 0 Å². The molecule has 0 aliphatic rings. The van der Waals surface area contributed by atoms with Gasteiger partial charge in [-0.05, 0) is 28.6 Å². The van der Waals surface area contributed by atoms with Crippen molar-refractivity contribution in [3.63, 3.8) is 0 Å². The Hall–Kier alpha value is -2.72. The summed E-state index contributed by atoms with van der Waals surface area (Å²) >= 11 is 0. The van der Waals surface area contributed by atoms with Crippen molar-refractivity contribution in [1.29, 1.82) is 0 Å². The molecule has 1 aromatic heterocycles. The Balaban J connectivity index is 1.84. The van der Waals surface area contributed by atoms with E-state index in [0.29, 0.717) is 5.39 Å². The van der Waals surface area contributed by atoms with Gasteiger partial charge in [0.25, 0.3) is 5.56 Å². The molecule has 3 rings (SSSR count). The molecular formula is C18H16N2O2. The Morgan fingerprint density at radius 1 is 1.09 bits per heavy atom. The van der Waals surface area contributed by atoms with E-state index in [1.165, 1.54) is 0 Å². The predicted octanol–water partition coefficient (Wildman–Crippen LogP) is 2.34. The molecule has 0 aliphatic carbocycles. The zero-order valence-corrected chi connectivity index (χ0v) is 12.0. The summed E-state index contributed by atoms with van der Waals surface area (Å²) in [5, 5.41) is 1.44. The number of hydrogen-bond donors (Lipinski definition) is 2. The second-order valence-corrected chi connectivity index (χ2v) is 5.26. The van der Waals surface area contributed by atoms with Crippen LogP contribution in [0.5, 0.6) is 0 Å². The molecule has 0 bridgehead atoms. The fourth-order valence-electron chi connectivity index (χ4n) is 2.51. The lowest BCUT2D eigenvalue weighted by molar-refractivity contribution is -0.119. The van der Waals surface area contributed by atoms with E-state index in [1.54, 1.807) is 18.3 Å². The molecule has 3 aromatic rings. The highest BCUT2D eigenvalue weighted by atomic mass is 16.1. The standard InChI is InChI=1S/C18H16N2O2/c19-17(13-4-2-1-3-5-13)16(21)11-12-6-7-15-14(10-12)8-9-20-18(15)22/h1-10,17H,11,19H2,(H,20,22)/t17-/m1/s1.